The molecule has 13 heteroatoms. The lowest BCUT2D eigenvalue weighted by Gasteiger charge is -2.68. The minimum atomic E-state index is -2.10. The number of benzene rings is 2. The smallest absolute Gasteiger partial charge is 0.408 e. The average molecular weight is 856 g/mol. The minimum absolute atomic E-state index is 0.0338. The van der Waals surface area contributed by atoms with Gasteiger partial charge >= 0.3 is 24.0 Å². The van der Waals surface area contributed by atoms with Gasteiger partial charge in [0, 0.05) is 30.1 Å². The van der Waals surface area contributed by atoms with Crippen LogP contribution in [0.25, 0.3) is 0 Å². The quantitative estimate of drug-likeness (QED) is 0.0903. The Hall–Kier alpha value is -5.01. The molecule has 1 aliphatic heterocycles. The zero-order chi connectivity index (χ0) is 45.4. The lowest BCUT2D eigenvalue weighted by Crippen LogP contribution is -2.80. The Balaban J connectivity index is 1.41. The molecule has 0 radical (unpaired) electrons. The van der Waals surface area contributed by atoms with Crippen molar-refractivity contribution < 1.29 is 57.9 Å². The van der Waals surface area contributed by atoms with Gasteiger partial charge in [0.1, 0.15) is 29.0 Å². The molecule has 2 aromatic rings. The zero-order valence-electron chi connectivity index (χ0n) is 37.2. The number of hydrogen-bond donors (Lipinski definition) is 3. The number of fused-ring (bicyclic) bond motifs is 3. The summed E-state index contributed by atoms with van der Waals surface area (Å²) in [4.78, 5) is 69.8. The number of rotatable bonds is 11. The number of ether oxygens (including phenoxy) is 5. The molecule has 334 valence electrons. The van der Waals surface area contributed by atoms with Crippen LogP contribution in [0.4, 0.5) is 4.79 Å². The highest BCUT2D eigenvalue weighted by atomic mass is 16.6. The molecule has 1 saturated heterocycles. The summed E-state index contributed by atoms with van der Waals surface area (Å²) < 4.78 is 31.5. The monoisotopic (exact) mass is 855 g/mol. The molecule has 2 bridgehead atoms. The minimum Gasteiger partial charge on any atom is -0.490 e. The highest BCUT2D eigenvalue weighted by Crippen LogP contribution is 2.81. The number of alkyl carbamates (subject to hydrolysis) is 1. The Morgan fingerprint density at radius 3 is 2.13 bits per heavy atom. The second kappa shape index (κ2) is 15.7. The van der Waals surface area contributed by atoms with Gasteiger partial charge in [-0.15, -0.1) is 0 Å². The van der Waals surface area contributed by atoms with Gasteiger partial charge in [-0.05, 0) is 81.7 Å². The van der Waals surface area contributed by atoms with Gasteiger partial charge in [-0.1, -0.05) is 82.8 Å². The number of amides is 1. The maximum atomic E-state index is 15.8. The van der Waals surface area contributed by atoms with E-state index >= 15 is 4.79 Å². The summed E-state index contributed by atoms with van der Waals surface area (Å²) in [5, 5.41) is 27.9. The molecule has 2 spiro atoms. The number of Topliss-reactive ketones (excluding diaryl/α,β-unsaturated/α-hetero) is 1. The van der Waals surface area contributed by atoms with E-state index in [1.807, 2.05) is 13.0 Å². The van der Waals surface area contributed by atoms with Gasteiger partial charge in [-0.25, -0.2) is 9.59 Å². The molecule has 2 unspecified atom stereocenters. The van der Waals surface area contributed by atoms with E-state index < -0.39 is 99.7 Å². The van der Waals surface area contributed by atoms with E-state index in [0.29, 0.717) is 30.4 Å². The van der Waals surface area contributed by atoms with Crippen molar-refractivity contribution in [1.82, 2.24) is 5.32 Å². The van der Waals surface area contributed by atoms with Crippen LogP contribution in [-0.4, -0.2) is 81.7 Å². The maximum Gasteiger partial charge on any atom is 0.408 e. The predicted octanol–water partition coefficient (Wildman–Crippen LogP) is 7.11. The van der Waals surface area contributed by atoms with E-state index in [1.54, 1.807) is 103 Å². The Kier molecular flexibility index (Phi) is 11.4. The molecular formula is C49H61NO12. The first-order chi connectivity index (χ1) is 29.0. The molecule has 1 amide bonds. The van der Waals surface area contributed by atoms with Crippen LogP contribution in [0.3, 0.4) is 0 Å². The Morgan fingerprint density at radius 2 is 1.58 bits per heavy atom. The molecule has 5 aliphatic rings. The Bertz CT molecular complexity index is 2170. The number of hydrogen-bond acceptors (Lipinski definition) is 12. The first-order valence-electron chi connectivity index (χ1n) is 21.7. The van der Waals surface area contributed by atoms with Crippen LogP contribution < -0.4 is 5.32 Å². The summed E-state index contributed by atoms with van der Waals surface area (Å²) in [5.41, 5.74) is -6.97. The van der Waals surface area contributed by atoms with Gasteiger partial charge in [-0.3, -0.25) is 14.4 Å². The van der Waals surface area contributed by atoms with Crippen molar-refractivity contribution in [2.75, 3.05) is 6.61 Å². The van der Waals surface area contributed by atoms with Gasteiger partial charge in [0.2, 0.25) is 0 Å². The van der Waals surface area contributed by atoms with Crippen molar-refractivity contribution in [3.8, 4) is 0 Å². The predicted molar refractivity (Wildman–Crippen MR) is 226 cm³/mol. The first-order valence-corrected chi connectivity index (χ1v) is 21.7. The molecule has 2 aromatic carbocycles. The van der Waals surface area contributed by atoms with E-state index in [1.165, 1.54) is 6.92 Å². The Morgan fingerprint density at radius 1 is 0.968 bits per heavy atom. The van der Waals surface area contributed by atoms with Crippen molar-refractivity contribution in [2.45, 2.75) is 136 Å². The second-order valence-electron chi connectivity index (χ2n) is 19.7. The van der Waals surface area contributed by atoms with Crippen LogP contribution in [0.2, 0.25) is 0 Å². The summed E-state index contributed by atoms with van der Waals surface area (Å²) in [6.07, 6.45) is -3.65. The molecule has 62 heavy (non-hydrogen) atoms. The number of carbonyl (C=O) groups is 5. The molecule has 4 fully saturated rings. The van der Waals surface area contributed by atoms with E-state index in [-0.39, 0.29) is 41.6 Å². The van der Waals surface area contributed by atoms with Crippen molar-refractivity contribution in [1.29, 1.82) is 0 Å². The van der Waals surface area contributed by atoms with Crippen LogP contribution in [0.5, 0.6) is 0 Å². The third-order valence-electron chi connectivity index (χ3n) is 15.0. The van der Waals surface area contributed by atoms with Gasteiger partial charge < -0.3 is 39.2 Å². The Labute approximate surface area is 363 Å². The number of nitrogens with one attached hydrogen (secondary N) is 1. The number of ketones is 1. The summed E-state index contributed by atoms with van der Waals surface area (Å²) in [6, 6.07) is 16.4. The van der Waals surface area contributed by atoms with Crippen LogP contribution in [0.1, 0.15) is 116 Å². The number of esters is 3. The van der Waals surface area contributed by atoms with Crippen LogP contribution in [0.15, 0.2) is 84.1 Å². The van der Waals surface area contributed by atoms with Crippen molar-refractivity contribution in [3.05, 3.63) is 95.3 Å². The van der Waals surface area contributed by atoms with E-state index in [4.69, 9.17) is 23.7 Å². The number of aliphatic hydroxyl groups is 2. The highest BCUT2D eigenvalue weighted by Gasteiger charge is 2.88. The van der Waals surface area contributed by atoms with Gasteiger partial charge in [0.05, 0.1) is 41.7 Å². The third-order valence-corrected chi connectivity index (χ3v) is 15.0. The normalized spacial score (nSPS) is 34.1. The second-order valence-corrected chi connectivity index (χ2v) is 19.7. The standard InChI is InChI=1S/C49H61NO12/c1-11-32-22-33-23-47(33)40(54)39(59-29(4)52)37-27(2)35(58-28(3)34(26-51)38(30-18-14-12-15-19-30)50-43(56)62-44(5,6)7)24-48(57,45(37,8)9)42(46(47,10)49(32)25-36(53)61-49)60-41(55)31-20-16-13-17-21-31/h12-21,32-35,38-39,42,51,57H,3,11,22-26H2,1-2,4-10H3,(H,50,56)/t32-,33-,34+,35+,38?,39-,42+,46+,47+,48?,49+/m1/s1. The largest absolute Gasteiger partial charge is 0.490 e. The van der Waals surface area contributed by atoms with E-state index in [2.05, 4.69) is 11.9 Å². The molecule has 4 aliphatic carbocycles. The van der Waals surface area contributed by atoms with Crippen LogP contribution in [-0.2, 0) is 38.1 Å². The van der Waals surface area contributed by atoms with Gasteiger partial charge in [-0.2, -0.15) is 0 Å². The molecule has 1 heterocycles. The van der Waals surface area contributed by atoms with Gasteiger partial charge in [0.25, 0.3) is 0 Å². The topological polar surface area (TPSA) is 184 Å². The van der Waals surface area contributed by atoms with E-state index in [0.717, 1.165) is 0 Å². The molecule has 13 nitrogen and oxygen atoms in total. The molecular weight excluding hydrogens is 795 g/mol. The van der Waals surface area contributed by atoms with Crippen molar-refractivity contribution >= 4 is 29.8 Å². The number of aliphatic hydroxyl groups excluding tert-OH is 1. The molecule has 3 saturated carbocycles. The van der Waals surface area contributed by atoms with Crippen LogP contribution in [0, 0.1) is 34.0 Å². The third kappa shape index (κ3) is 6.85. The lowest BCUT2D eigenvalue weighted by atomic mass is 9.41. The summed E-state index contributed by atoms with van der Waals surface area (Å²) in [7, 11) is 0. The first kappa shape index (κ1) is 45.0. The highest BCUT2D eigenvalue weighted by molar-refractivity contribution is 5.98. The molecule has 3 N–H and O–H groups in total. The van der Waals surface area contributed by atoms with E-state index in [9.17, 15) is 29.4 Å². The van der Waals surface area contributed by atoms with Crippen LogP contribution >= 0.6 is 0 Å². The van der Waals surface area contributed by atoms with Crippen molar-refractivity contribution in [3.63, 3.8) is 0 Å². The zero-order valence-corrected chi connectivity index (χ0v) is 37.2. The SMILES string of the molecule is C=C(O[C@H]1CC2(O)[C@@H](OC(=O)c3ccccc3)[C@]3(C)[C@]4(CC(=O)O4)[C@H](CC)C[C@@H]4C[C@@]43C(=O)[C@H](OC(C)=O)C(=C1C)C2(C)C)[C@H](CO)C(NC(=O)OC(C)(C)C)c1ccccc1. The summed E-state index contributed by atoms with van der Waals surface area (Å²) in [5.74, 6) is -3.78. The van der Waals surface area contributed by atoms with Gasteiger partial charge in [0.15, 0.2) is 11.9 Å². The summed E-state index contributed by atoms with van der Waals surface area (Å²) >= 11 is 0. The fraction of sp³-hybridized carbons (Fsp3) is 0.571. The molecule has 11 atom stereocenters. The van der Waals surface area contributed by atoms with Crippen molar-refractivity contribution in [2.24, 2.45) is 34.0 Å². The fourth-order valence-electron chi connectivity index (χ4n) is 12.0. The average Bonchev–Trinajstić information content (AvgIpc) is 3.94. The fourth-order valence-corrected chi connectivity index (χ4v) is 12.0. The summed E-state index contributed by atoms with van der Waals surface area (Å²) in [6.45, 7) is 19.2. The molecule has 7 rings (SSSR count). The number of carbonyl (C=O) groups excluding carboxylic acids is 5. The maximum absolute atomic E-state index is 15.8. The molecule has 0 aromatic heterocycles. The lowest BCUT2D eigenvalue weighted by molar-refractivity contribution is -0.310.